The molecule has 1 rings (SSSR count). The van der Waals surface area contributed by atoms with Crippen LogP contribution in [-0.2, 0) is 9.47 Å². The maximum Gasteiger partial charge on any atom is 0.248 e. The van der Waals surface area contributed by atoms with Crippen molar-refractivity contribution >= 4 is 11.6 Å². The summed E-state index contributed by atoms with van der Waals surface area (Å²) in [6, 6.07) is 4.66. The lowest BCUT2D eigenvalue weighted by atomic mass is 10.2. The van der Waals surface area contributed by atoms with Gasteiger partial charge in [-0.2, -0.15) is 0 Å². The average Bonchev–Trinajstić information content (AvgIpc) is 2.35. The number of nitrogens with two attached hydrogens (primary N) is 2. The number of hydrogen-bond acceptors (Lipinski definition) is 5. The fourth-order valence-corrected chi connectivity index (χ4v) is 1.27. The van der Waals surface area contributed by atoms with Crippen LogP contribution < -0.4 is 16.2 Å². The third-order valence-corrected chi connectivity index (χ3v) is 2.22. The number of rotatable bonds is 8. The van der Waals surface area contributed by atoms with Crippen LogP contribution in [0.2, 0.25) is 0 Å². The fourth-order valence-electron chi connectivity index (χ4n) is 1.27. The number of amides is 1. The van der Waals surface area contributed by atoms with Gasteiger partial charge in [0, 0.05) is 12.7 Å². The van der Waals surface area contributed by atoms with Gasteiger partial charge in [0.05, 0.1) is 25.5 Å². The molecule has 0 radical (unpaired) electrons. The van der Waals surface area contributed by atoms with Crippen molar-refractivity contribution in [1.29, 1.82) is 0 Å². The molecule has 0 spiro atoms. The van der Waals surface area contributed by atoms with E-state index in [2.05, 4.69) is 0 Å². The third-order valence-electron chi connectivity index (χ3n) is 2.22. The van der Waals surface area contributed by atoms with E-state index in [1.807, 2.05) is 0 Å². The number of benzene rings is 1. The molecule has 1 aromatic rings. The molecule has 1 aromatic carbocycles. The molecule has 0 saturated heterocycles. The van der Waals surface area contributed by atoms with E-state index in [0.717, 1.165) is 0 Å². The first kappa shape index (κ1) is 14.3. The summed E-state index contributed by atoms with van der Waals surface area (Å²) in [4.78, 5) is 11.0. The Kier molecular flexibility index (Phi) is 5.96. The molecule has 0 fully saturated rings. The Bertz CT molecular complexity index is 396. The summed E-state index contributed by atoms with van der Waals surface area (Å²) in [6.07, 6.45) is 0. The van der Waals surface area contributed by atoms with Crippen molar-refractivity contribution in [2.24, 2.45) is 5.73 Å². The third kappa shape index (κ3) is 4.60. The molecule has 0 bridgehead atoms. The molecule has 0 aliphatic rings. The second-order valence-corrected chi connectivity index (χ2v) is 3.57. The van der Waals surface area contributed by atoms with Crippen molar-refractivity contribution in [3.8, 4) is 5.75 Å². The largest absolute Gasteiger partial charge is 0.489 e. The summed E-state index contributed by atoms with van der Waals surface area (Å²) < 4.78 is 15.5. The molecule has 0 unspecified atom stereocenters. The van der Waals surface area contributed by atoms with Crippen LogP contribution in [0.15, 0.2) is 18.2 Å². The molecule has 6 nitrogen and oxygen atoms in total. The van der Waals surface area contributed by atoms with Crippen LogP contribution in [0.25, 0.3) is 0 Å². The van der Waals surface area contributed by atoms with Gasteiger partial charge in [-0.1, -0.05) is 0 Å². The highest BCUT2D eigenvalue weighted by atomic mass is 16.5. The van der Waals surface area contributed by atoms with E-state index in [0.29, 0.717) is 43.4 Å². The van der Waals surface area contributed by atoms with Gasteiger partial charge in [0.25, 0.3) is 0 Å². The first-order valence-corrected chi connectivity index (χ1v) is 5.54. The zero-order chi connectivity index (χ0) is 13.4. The lowest BCUT2D eigenvalue weighted by Crippen LogP contribution is -2.13. The molecule has 0 atom stereocenters. The number of hydrogen-bond donors (Lipinski definition) is 2. The Balaban J connectivity index is 2.41. The van der Waals surface area contributed by atoms with Gasteiger partial charge in [0.2, 0.25) is 5.91 Å². The maximum atomic E-state index is 11.0. The number of anilines is 1. The Morgan fingerprint density at radius 2 is 1.94 bits per heavy atom. The van der Waals surface area contributed by atoms with Gasteiger partial charge >= 0.3 is 0 Å². The number of methoxy groups -OCH3 is 1. The number of carbonyl (C=O) groups is 1. The Hall–Kier alpha value is -1.79. The highest BCUT2D eigenvalue weighted by Crippen LogP contribution is 2.22. The van der Waals surface area contributed by atoms with Crippen LogP contribution in [0, 0.1) is 0 Å². The molecule has 6 heteroatoms. The number of primary amides is 1. The topological polar surface area (TPSA) is 96.8 Å². The second-order valence-electron chi connectivity index (χ2n) is 3.57. The summed E-state index contributed by atoms with van der Waals surface area (Å²) in [6.45, 7) is 1.82. The molecule has 100 valence electrons. The monoisotopic (exact) mass is 254 g/mol. The quantitative estimate of drug-likeness (QED) is 0.517. The summed E-state index contributed by atoms with van der Waals surface area (Å²) in [7, 11) is 1.61. The lowest BCUT2D eigenvalue weighted by molar-refractivity contribution is 0.0545. The van der Waals surface area contributed by atoms with Gasteiger partial charge < -0.3 is 25.7 Å². The molecule has 0 heterocycles. The maximum absolute atomic E-state index is 11.0. The van der Waals surface area contributed by atoms with E-state index in [1.54, 1.807) is 19.2 Å². The van der Waals surface area contributed by atoms with Crippen LogP contribution in [0.1, 0.15) is 10.4 Å². The van der Waals surface area contributed by atoms with Gasteiger partial charge in [-0.25, -0.2) is 0 Å². The van der Waals surface area contributed by atoms with Crippen molar-refractivity contribution in [1.82, 2.24) is 0 Å². The molecule has 18 heavy (non-hydrogen) atoms. The van der Waals surface area contributed by atoms with Crippen molar-refractivity contribution in [2.45, 2.75) is 0 Å². The first-order valence-electron chi connectivity index (χ1n) is 5.54. The standard InChI is InChI=1S/C12H18N2O4/c1-16-4-5-17-6-7-18-11-8-9(12(14)15)2-3-10(11)13/h2-3,8H,4-7,13H2,1H3,(H2,14,15). The number of ether oxygens (including phenoxy) is 3. The minimum absolute atomic E-state index is 0.343. The Morgan fingerprint density at radius 3 is 2.61 bits per heavy atom. The van der Waals surface area contributed by atoms with Crippen LogP contribution in [0.3, 0.4) is 0 Å². The zero-order valence-corrected chi connectivity index (χ0v) is 10.3. The summed E-state index contributed by atoms with van der Waals surface area (Å²) in [5.41, 5.74) is 11.7. The van der Waals surface area contributed by atoms with E-state index in [9.17, 15) is 4.79 Å². The molecule has 0 aromatic heterocycles. The van der Waals surface area contributed by atoms with E-state index in [-0.39, 0.29) is 0 Å². The van der Waals surface area contributed by atoms with E-state index >= 15 is 0 Å². The summed E-state index contributed by atoms with van der Waals surface area (Å²) in [5, 5.41) is 0. The van der Waals surface area contributed by atoms with Gasteiger partial charge in [-0.05, 0) is 18.2 Å². The van der Waals surface area contributed by atoms with Crippen molar-refractivity contribution in [3.63, 3.8) is 0 Å². The fraction of sp³-hybridized carbons (Fsp3) is 0.417. The predicted octanol–water partition coefficient (Wildman–Crippen LogP) is 0.410. The van der Waals surface area contributed by atoms with Gasteiger partial charge in [0.1, 0.15) is 12.4 Å². The molecule has 4 N–H and O–H groups in total. The van der Waals surface area contributed by atoms with Gasteiger partial charge in [-0.15, -0.1) is 0 Å². The van der Waals surface area contributed by atoms with Crippen LogP contribution in [0.4, 0.5) is 5.69 Å². The minimum atomic E-state index is -0.517. The highest BCUT2D eigenvalue weighted by Gasteiger charge is 2.06. The Morgan fingerprint density at radius 1 is 1.22 bits per heavy atom. The van der Waals surface area contributed by atoms with Crippen LogP contribution >= 0.6 is 0 Å². The van der Waals surface area contributed by atoms with E-state index < -0.39 is 5.91 Å². The van der Waals surface area contributed by atoms with Crippen LogP contribution in [-0.4, -0.2) is 39.4 Å². The molecule has 1 amide bonds. The minimum Gasteiger partial charge on any atom is -0.489 e. The van der Waals surface area contributed by atoms with Gasteiger partial charge in [-0.3, -0.25) is 4.79 Å². The number of nitrogen functional groups attached to an aromatic ring is 1. The lowest BCUT2D eigenvalue weighted by Gasteiger charge is -2.10. The summed E-state index contributed by atoms with van der Waals surface area (Å²) in [5.74, 6) is -0.0853. The van der Waals surface area contributed by atoms with Crippen molar-refractivity contribution < 1.29 is 19.0 Å². The van der Waals surface area contributed by atoms with E-state index in [4.69, 9.17) is 25.7 Å². The zero-order valence-electron chi connectivity index (χ0n) is 10.3. The van der Waals surface area contributed by atoms with E-state index in [1.165, 1.54) is 6.07 Å². The normalized spacial score (nSPS) is 10.3. The second kappa shape index (κ2) is 7.52. The Labute approximate surface area is 106 Å². The summed E-state index contributed by atoms with van der Waals surface area (Å²) >= 11 is 0. The van der Waals surface area contributed by atoms with Crippen molar-refractivity contribution in [3.05, 3.63) is 23.8 Å². The SMILES string of the molecule is COCCOCCOc1cc(C(N)=O)ccc1N. The van der Waals surface area contributed by atoms with Gasteiger partial charge in [0.15, 0.2) is 0 Å². The molecule has 0 saturated carbocycles. The molecule has 0 aliphatic heterocycles. The smallest absolute Gasteiger partial charge is 0.248 e. The van der Waals surface area contributed by atoms with Crippen molar-refractivity contribution in [2.75, 3.05) is 39.3 Å². The first-order chi connectivity index (χ1) is 8.65. The molecular formula is C12H18N2O4. The van der Waals surface area contributed by atoms with Crippen LogP contribution in [0.5, 0.6) is 5.75 Å². The number of carbonyl (C=O) groups excluding carboxylic acids is 1. The average molecular weight is 254 g/mol. The molecular weight excluding hydrogens is 236 g/mol. The highest BCUT2D eigenvalue weighted by molar-refractivity contribution is 5.93. The predicted molar refractivity (Wildman–Crippen MR) is 67.6 cm³/mol. The molecule has 0 aliphatic carbocycles.